The summed E-state index contributed by atoms with van der Waals surface area (Å²) in [5, 5.41) is 5.28. The van der Waals surface area contributed by atoms with Gasteiger partial charge in [0.05, 0.1) is 13.1 Å². The molecule has 0 aliphatic heterocycles. The van der Waals surface area contributed by atoms with Crippen LogP contribution in [0.15, 0.2) is 24.3 Å². The molecule has 0 aliphatic carbocycles. The Labute approximate surface area is 113 Å². The van der Waals surface area contributed by atoms with E-state index >= 15 is 0 Å². The van der Waals surface area contributed by atoms with Crippen molar-refractivity contribution >= 4 is 23.2 Å². The van der Waals surface area contributed by atoms with Crippen molar-refractivity contribution in [1.82, 2.24) is 10.2 Å². The summed E-state index contributed by atoms with van der Waals surface area (Å²) in [5.41, 5.74) is 6.88. The molecular formula is C13H20N4O2. The molecule has 0 aliphatic rings. The normalized spacial score (nSPS) is 10.3. The molecule has 0 fully saturated rings. The summed E-state index contributed by atoms with van der Waals surface area (Å²) in [6.45, 7) is 2.89. The van der Waals surface area contributed by atoms with Gasteiger partial charge in [-0.3, -0.25) is 14.5 Å². The molecular weight excluding hydrogens is 244 g/mol. The lowest BCUT2D eigenvalue weighted by Crippen LogP contribution is -2.40. The van der Waals surface area contributed by atoms with Gasteiger partial charge >= 0.3 is 0 Å². The summed E-state index contributed by atoms with van der Waals surface area (Å²) in [7, 11) is 1.57. The summed E-state index contributed by atoms with van der Waals surface area (Å²) in [4.78, 5) is 24.9. The molecule has 0 spiro atoms. The molecule has 1 rings (SSSR count). The number of likely N-dealkylation sites (N-methyl/N-ethyl adjacent to an activating group) is 2. The number of hydrogen-bond acceptors (Lipinski definition) is 4. The van der Waals surface area contributed by atoms with Gasteiger partial charge in [0.25, 0.3) is 0 Å². The Hall–Kier alpha value is -2.08. The van der Waals surface area contributed by atoms with E-state index < -0.39 is 0 Å². The third-order valence-corrected chi connectivity index (χ3v) is 2.63. The van der Waals surface area contributed by atoms with Gasteiger partial charge < -0.3 is 16.4 Å². The number of carbonyl (C=O) groups excluding carboxylic acids is 2. The number of carbonyl (C=O) groups is 2. The van der Waals surface area contributed by atoms with Crippen LogP contribution in [0.25, 0.3) is 0 Å². The second-order valence-corrected chi connectivity index (χ2v) is 4.15. The van der Waals surface area contributed by atoms with E-state index in [1.54, 1.807) is 36.2 Å². The van der Waals surface area contributed by atoms with Crippen LogP contribution in [0.5, 0.6) is 0 Å². The fourth-order valence-electron chi connectivity index (χ4n) is 1.58. The highest BCUT2D eigenvalue weighted by atomic mass is 16.2. The quantitative estimate of drug-likeness (QED) is 0.644. The molecule has 1 aromatic carbocycles. The van der Waals surface area contributed by atoms with Crippen molar-refractivity contribution in [3.05, 3.63) is 24.3 Å². The average Bonchev–Trinajstić information content (AvgIpc) is 2.37. The summed E-state index contributed by atoms with van der Waals surface area (Å²) < 4.78 is 0. The second kappa shape index (κ2) is 7.38. The standard InChI is InChI=1S/C13H20N4O2/c1-3-17(8-12(18)15-2)9-13(19)16-11-6-4-5-10(14)7-11/h4-7H,3,8-9,14H2,1-2H3,(H,15,18)(H,16,19). The molecule has 1 aromatic rings. The number of benzene rings is 1. The maximum atomic E-state index is 11.8. The third kappa shape index (κ3) is 5.39. The molecule has 6 nitrogen and oxygen atoms in total. The van der Waals surface area contributed by atoms with E-state index in [2.05, 4.69) is 10.6 Å². The van der Waals surface area contributed by atoms with Gasteiger partial charge in [0.2, 0.25) is 11.8 Å². The zero-order valence-corrected chi connectivity index (χ0v) is 11.3. The zero-order valence-electron chi connectivity index (χ0n) is 11.3. The van der Waals surface area contributed by atoms with Gasteiger partial charge in [0.1, 0.15) is 0 Å². The smallest absolute Gasteiger partial charge is 0.238 e. The summed E-state index contributed by atoms with van der Waals surface area (Å²) in [6.07, 6.45) is 0. The molecule has 0 atom stereocenters. The van der Waals surface area contributed by atoms with E-state index in [4.69, 9.17) is 5.73 Å². The zero-order chi connectivity index (χ0) is 14.3. The second-order valence-electron chi connectivity index (χ2n) is 4.15. The van der Waals surface area contributed by atoms with E-state index in [1.165, 1.54) is 0 Å². The Morgan fingerprint density at radius 1 is 1.26 bits per heavy atom. The van der Waals surface area contributed by atoms with Crippen LogP contribution in [0.4, 0.5) is 11.4 Å². The van der Waals surface area contributed by atoms with Crippen LogP contribution in [0.1, 0.15) is 6.92 Å². The maximum absolute atomic E-state index is 11.8. The lowest BCUT2D eigenvalue weighted by atomic mass is 10.3. The van der Waals surface area contributed by atoms with E-state index in [0.717, 1.165) is 0 Å². The van der Waals surface area contributed by atoms with Crippen molar-refractivity contribution in [2.24, 2.45) is 0 Å². The van der Waals surface area contributed by atoms with Crippen molar-refractivity contribution in [2.75, 3.05) is 37.7 Å². The number of hydrogen-bond donors (Lipinski definition) is 3. The third-order valence-electron chi connectivity index (χ3n) is 2.63. The Morgan fingerprint density at radius 2 is 1.95 bits per heavy atom. The first-order valence-corrected chi connectivity index (χ1v) is 6.13. The van der Waals surface area contributed by atoms with Gasteiger partial charge in [-0.1, -0.05) is 13.0 Å². The number of rotatable bonds is 6. The monoisotopic (exact) mass is 264 g/mol. The van der Waals surface area contributed by atoms with Gasteiger partial charge in [-0.25, -0.2) is 0 Å². The number of amides is 2. The van der Waals surface area contributed by atoms with Crippen molar-refractivity contribution in [2.45, 2.75) is 6.92 Å². The molecule has 104 valence electrons. The van der Waals surface area contributed by atoms with Crippen molar-refractivity contribution < 1.29 is 9.59 Å². The molecule has 4 N–H and O–H groups in total. The molecule has 0 radical (unpaired) electrons. The first-order valence-electron chi connectivity index (χ1n) is 6.13. The maximum Gasteiger partial charge on any atom is 0.238 e. The van der Waals surface area contributed by atoms with Crippen LogP contribution in [0, 0.1) is 0 Å². The average molecular weight is 264 g/mol. The molecule has 0 saturated heterocycles. The van der Waals surface area contributed by atoms with Gasteiger partial charge in [-0.2, -0.15) is 0 Å². The topological polar surface area (TPSA) is 87.5 Å². The first-order chi connectivity index (χ1) is 9.05. The van der Waals surface area contributed by atoms with Crippen LogP contribution in [0.3, 0.4) is 0 Å². The summed E-state index contributed by atoms with van der Waals surface area (Å²) >= 11 is 0. The van der Waals surface area contributed by atoms with Crippen LogP contribution < -0.4 is 16.4 Å². The molecule has 2 amide bonds. The van der Waals surface area contributed by atoms with E-state index in [9.17, 15) is 9.59 Å². The molecule has 0 saturated carbocycles. The van der Waals surface area contributed by atoms with Gasteiger partial charge in [0.15, 0.2) is 0 Å². The molecule has 0 aromatic heterocycles. The highest BCUT2D eigenvalue weighted by Gasteiger charge is 2.12. The fourth-order valence-corrected chi connectivity index (χ4v) is 1.58. The van der Waals surface area contributed by atoms with E-state index in [-0.39, 0.29) is 24.9 Å². The minimum atomic E-state index is -0.170. The highest BCUT2D eigenvalue weighted by molar-refractivity contribution is 5.93. The van der Waals surface area contributed by atoms with E-state index in [1.807, 2.05) is 6.92 Å². The molecule has 0 bridgehead atoms. The first kappa shape index (κ1) is 15.0. The van der Waals surface area contributed by atoms with Gasteiger partial charge in [0, 0.05) is 18.4 Å². The predicted molar refractivity (Wildman–Crippen MR) is 75.7 cm³/mol. The Kier molecular flexibility index (Phi) is 5.81. The molecule has 19 heavy (non-hydrogen) atoms. The minimum absolute atomic E-state index is 0.112. The lowest BCUT2D eigenvalue weighted by Gasteiger charge is -2.18. The van der Waals surface area contributed by atoms with Crippen molar-refractivity contribution in [3.8, 4) is 0 Å². The summed E-state index contributed by atoms with van der Waals surface area (Å²) in [5.74, 6) is -0.282. The number of anilines is 2. The van der Waals surface area contributed by atoms with Crippen LogP contribution in [-0.4, -0.2) is 43.4 Å². The van der Waals surface area contributed by atoms with Gasteiger partial charge in [-0.05, 0) is 24.7 Å². The SMILES string of the molecule is CCN(CC(=O)NC)CC(=O)Nc1cccc(N)c1. The Bertz CT molecular complexity index is 448. The van der Waals surface area contributed by atoms with Crippen LogP contribution >= 0.6 is 0 Å². The summed E-state index contributed by atoms with van der Waals surface area (Å²) in [6, 6.07) is 6.98. The van der Waals surface area contributed by atoms with Crippen molar-refractivity contribution in [3.63, 3.8) is 0 Å². The molecule has 0 unspecified atom stereocenters. The Morgan fingerprint density at radius 3 is 2.53 bits per heavy atom. The van der Waals surface area contributed by atoms with Crippen LogP contribution in [0.2, 0.25) is 0 Å². The predicted octanol–water partition coefficient (Wildman–Crippen LogP) is 0.275. The van der Waals surface area contributed by atoms with Gasteiger partial charge in [-0.15, -0.1) is 0 Å². The number of nitrogens with zero attached hydrogens (tertiary/aromatic N) is 1. The number of nitrogens with two attached hydrogens (primary N) is 1. The van der Waals surface area contributed by atoms with Crippen molar-refractivity contribution in [1.29, 1.82) is 0 Å². The van der Waals surface area contributed by atoms with E-state index in [0.29, 0.717) is 17.9 Å². The fraction of sp³-hybridized carbons (Fsp3) is 0.385. The van der Waals surface area contributed by atoms with Crippen LogP contribution in [-0.2, 0) is 9.59 Å². The highest BCUT2D eigenvalue weighted by Crippen LogP contribution is 2.11. The molecule has 0 heterocycles. The molecule has 6 heteroatoms. The number of nitrogens with one attached hydrogen (secondary N) is 2. The minimum Gasteiger partial charge on any atom is -0.399 e. The largest absolute Gasteiger partial charge is 0.399 e. The Balaban J connectivity index is 2.51. The number of nitrogen functional groups attached to an aromatic ring is 1. The lowest BCUT2D eigenvalue weighted by molar-refractivity contribution is -0.123.